The predicted octanol–water partition coefficient (Wildman–Crippen LogP) is 2.26. The third kappa shape index (κ3) is 4.21. The van der Waals surface area contributed by atoms with Gasteiger partial charge >= 0.3 is 0 Å². The number of nitrogen functional groups attached to an aromatic ring is 1. The van der Waals surface area contributed by atoms with Gasteiger partial charge in [0.2, 0.25) is 0 Å². The highest BCUT2D eigenvalue weighted by atomic mass is 19.1. The first-order chi connectivity index (χ1) is 8.76. The molecule has 106 valence electrons. The molecule has 0 aliphatic rings. The van der Waals surface area contributed by atoms with Crippen LogP contribution < -0.4 is 11.1 Å². The van der Waals surface area contributed by atoms with Crippen LogP contribution in [0.2, 0.25) is 0 Å². The van der Waals surface area contributed by atoms with Gasteiger partial charge in [0.15, 0.2) is 0 Å². The summed E-state index contributed by atoms with van der Waals surface area (Å²) < 4.78 is 19.0. The second-order valence-electron chi connectivity index (χ2n) is 5.05. The van der Waals surface area contributed by atoms with Gasteiger partial charge in [-0.3, -0.25) is 4.79 Å². The van der Waals surface area contributed by atoms with Gasteiger partial charge in [0, 0.05) is 30.0 Å². The minimum Gasteiger partial charge on any atom is -0.398 e. The molecule has 1 aromatic rings. The van der Waals surface area contributed by atoms with Crippen LogP contribution >= 0.6 is 0 Å². The number of carbonyl (C=O) groups excluding carboxylic acids is 1. The number of halogens is 1. The van der Waals surface area contributed by atoms with E-state index < -0.39 is 11.4 Å². The molecule has 0 aliphatic carbocycles. The Labute approximate surface area is 113 Å². The fourth-order valence-corrected chi connectivity index (χ4v) is 1.67. The average Bonchev–Trinajstić information content (AvgIpc) is 2.32. The zero-order valence-electron chi connectivity index (χ0n) is 11.8. The summed E-state index contributed by atoms with van der Waals surface area (Å²) in [5.74, 6) is -0.840. The monoisotopic (exact) mass is 268 g/mol. The van der Waals surface area contributed by atoms with E-state index in [9.17, 15) is 9.18 Å². The first-order valence-electron chi connectivity index (χ1n) is 6.24. The van der Waals surface area contributed by atoms with E-state index in [1.165, 1.54) is 12.1 Å². The second kappa shape index (κ2) is 6.02. The first kappa shape index (κ1) is 15.4. The van der Waals surface area contributed by atoms with E-state index in [2.05, 4.69) is 5.32 Å². The smallest absolute Gasteiger partial charge is 0.251 e. The van der Waals surface area contributed by atoms with E-state index in [1.54, 1.807) is 6.92 Å². The molecule has 0 unspecified atom stereocenters. The number of ether oxygens (including phenoxy) is 1. The summed E-state index contributed by atoms with van der Waals surface area (Å²) in [4.78, 5) is 11.9. The van der Waals surface area contributed by atoms with E-state index in [0.29, 0.717) is 18.7 Å². The lowest BCUT2D eigenvalue weighted by Crippen LogP contribution is -2.40. The second-order valence-corrected chi connectivity index (χ2v) is 5.05. The summed E-state index contributed by atoms with van der Waals surface area (Å²) >= 11 is 0. The number of rotatable bonds is 5. The molecule has 0 aromatic heterocycles. The summed E-state index contributed by atoms with van der Waals surface area (Å²) in [6.45, 7) is 8.12. The highest BCUT2D eigenvalue weighted by Crippen LogP contribution is 2.17. The zero-order chi connectivity index (χ0) is 14.6. The number of nitrogens with two attached hydrogens (primary N) is 1. The quantitative estimate of drug-likeness (QED) is 0.805. The van der Waals surface area contributed by atoms with Crippen molar-refractivity contribution < 1.29 is 13.9 Å². The third-order valence-electron chi connectivity index (χ3n) is 2.86. The molecule has 0 saturated carbocycles. The van der Waals surface area contributed by atoms with E-state index in [1.807, 2.05) is 20.8 Å². The molecule has 0 atom stereocenters. The highest BCUT2D eigenvalue weighted by molar-refractivity contribution is 5.95. The Kier molecular flexibility index (Phi) is 4.89. The number of hydrogen-bond acceptors (Lipinski definition) is 3. The topological polar surface area (TPSA) is 64.3 Å². The molecular formula is C14H21FN2O2. The Hall–Kier alpha value is -1.62. The lowest BCUT2D eigenvalue weighted by molar-refractivity contribution is -0.00815. The molecule has 1 aromatic carbocycles. The first-order valence-corrected chi connectivity index (χ1v) is 6.24. The third-order valence-corrected chi connectivity index (χ3v) is 2.86. The molecule has 1 amide bonds. The fraction of sp³-hybridized carbons (Fsp3) is 0.500. The Morgan fingerprint density at radius 1 is 1.47 bits per heavy atom. The van der Waals surface area contributed by atoms with Crippen LogP contribution in [0.1, 0.15) is 36.7 Å². The lowest BCUT2D eigenvalue weighted by atomic mass is 10.1. The number of hydrogen-bond donors (Lipinski definition) is 2. The van der Waals surface area contributed by atoms with Crippen LogP contribution in [0.4, 0.5) is 10.1 Å². The number of amides is 1. The van der Waals surface area contributed by atoms with Gasteiger partial charge in [-0.1, -0.05) is 0 Å². The van der Waals surface area contributed by atoms with Crippen molar-refractivity contribution in [2.75, 3.05) is 18.9 Å². The van der Waals surface area contributed by atoms with Gasteiger partial charge in [-0.05, 0) is 39.8 Å². The van der Waals surface area contributed by atoms with Crippen molar-refractivity contribution in [3.8, 4) is 0 Å². The molecular weight excluding hydrogens is 247 g/mol. The minimum atomic E-state index is -0.478. The number of carbonyl (C=O) groups is 1. The van der Waals surface area contributed by atoms with Crippen LogP contribution in [0.5, 0.6) is 0 Å². The van der Waals surface area contributed by atoms with Crippen molar-refractivity contribution in [2.45, 2.75) is 33.3 Å². The van der Waals surface area contributed by atoms with Gasteiger partial charge in [-0.2, -0.15) is 0 Å². The molecule has 0 spiro atoms. The Bertz CT molecular complexity index is 450. The molecule has 19 heavy (non-hydrogen) atoms. The van der Waals surface area contributed by atoms with Crippen LogP contribution in [-0.2, 0) is 4.74 Å². The van der Waals surface area contributed by atoms with E-state index in [0.717, 1.165) is 0 Å². The Morgan fingerprint density at radius 2 is 2.11 bits per heavy atom. The molecule has 1 rings (SSSR count). The van der Waals surface area contributed by atoms with Crippen molar-refractivity contribution >= 4 is 11.6 Å². The van der Waals surface area contributed by atoms with Gasteiger partial charge < -0.3 is 15.8 Å². The molecule has 4 nitrogen and oxygen atoms in total. The predicted molar refractivity (Wildman–Crippen MR) is 73.6 cm³/mol. The summed E-state index contributed by atoms with van der Waals surface area (Å²) in [6.07, 6.45) is 0. The van der Waals surface area contributed by atoms with Gasteiger partial charge in [0.05, 0.1) is 5.60 Å². The largest absolute Gasteiger partial charge is 0.398 e. The number of benzene rings is 1. The van der Waals surface area contributed by atoms with Gasteiger partial charge in [-0.15, -0.1) is 0 Å². The van der Waals surface area contributed by atoms with Crippen LogP contribution in [0.25, 0.3) is 0 Å². The van der Waals surface area contributed by atoms with Crippen LogP contribution in [0, 0.1) is 12.7 Å². The van der Waals surface area contributed by atoms with Gasteiger partial charge in [-0.25, -0.2) is 4.39 Å². The Balaban J connectivity index is 2.74. The van der Waals surface area contributed by atoms with E-state index in [-0.39, 0.29) is 17.2 Å². The fourth-order valence-electron chi connectivity index (χ4n) is 1.67. The lowest BCUT2D eigenvalue weighted by Gasteiger charge is -2.24. The maximum atomic E-state index is 13.5. The molecule has 5 heteroatoms. The normalized spacial score (nSPS) is 11.4. The molecule has 0 saturated heterocycles. The van der Waals surface area contributed by atoms with Crippen LogP contribution in [-0.4, -0.2) is 24.7 Å². The Morgan fingerprint density at radius 3 is 2.63 bits per heavy atom. The van der Waals surface area contributed by atoms with Crippen LogP contribution in [0.15, 0.2) is 12.1 Å². The van der Waals surface area contributed by atoms with E-state index >= 15 is 0 Å². The summed E-state index contributed by atoms with van der Waals surface area (Å²) in [5.41, 5.74) is 6.03. The van der Waals surface area contributed by atoms with Crippen molar-refractivity contribution in [2.24, 2.45) is 0 Å². The summed E-state index contributed by atoms with van der Waals surface area (Å²) in [7, 11) is 0. The zero-order valence-corrected chi connectivity index (χ0v) is 11.8. The molecule has 0 bridgehead atoms. The van der Waals surface area contributed by atoms with Crippen molar-refractivity contribution in [1.29, 1.82) is 0 Å². The molecule has 0 radical (unpaired) electrons. The van der Waals surface area contributed by atoms with E-state index in [4.69, 9.17) is 10.5 Å². The average molecular weight is 268 g/mol. The van der Waals surface area contributed by atoms with Crippen molar-refractivity contribution in [3.63, 3.8) is 0 Å². The summed E-state index contributed by atoms with van der Waals surface area (Å²) in [6, 6.07) is 2.66. The van der Waals surface area contributed by atoms with Gasteiger partial charge in [0.1, 0.15) is 5.82 Å². The molecule has 0 fully saturated rings. The standard InChI is InChI=1S/C14H21FN2O2/c1-5-19-14(3,4)8-17-13(18)10-6-11(15)9(2)12(16)7-10/h6-7H,5,8,16H2,1-4H3,(H,17,18). The maximum Gasteiger partial charge on any atom is 0.251 e. The SMILES string of the molecule is CCOC(C)(C)CNC(=O)c1cc(N)c(C)c(F)c1. The van der Waals surface area contributed by atoms with Crippen molar-refractivity contribution in [3.05, 3.63) is 29.1 Å². The van der Waals surface area contributed by atoms with Crippen LogP contribution in [0.3, 0.4) is 0 Å². The minimum absolute atomic E-state index is 0.216. The van der Waals surface area contributed by atoms with Crippen molar-refractivity contribution in [1.82, 2.24) is 5.32 Å². The van der Waals surface area contributed by atoms with Gasteiger partial charge in [0.25, 0.3) is 5.91 Å². The number of nitrogens with one attached hydrogen (secondary N) is 1. The maximum absolute atomic E-state index is 13.5. The molecule has 0 heterocycles. The summed E-state index contributed by atoms with van der Waals surface area (Å²) in [5, 5.41) is 2.71. The molecule has 3 N–H and O–H groups in total. The molecule has 0 aliphatic heterocycles. The highest BCUT2D eigenvalue weighted by Gasteiger charge is 2.19. The number of anilines is 1.